The molecular formula is C26H33N5O. The molecule has 0 radical (unpaired) electrons. The molecule has 0 spiro atoms. The van der Waals surface area contributed by atoms with Gasteiger partial charge >= 0.3 is 0 Å². The molecule has 1 saturated heterocycles. The van der Waals surface area contributed by atoms with Gasteiger partial charge in [-0.1, -0.05) is 48.5 Å². The van der Waals surface area contributed by atoms with Gasteiger partial charge in [-0.3, -0.25) is 4.90 Å². The lowest BCUT2D eigenvalue weighted by Gasteiger charge is -2.38. The summed E-state index contributed by atoms with van der Waals surface area (Å²) in [6.07, 6.45) is 3.89. The highest BCUT2D eigenvalue weighted by atomic mass is 16.3. The van der Waals surface area contributed by atoms with E-state index in [-0.39, 0.29) is 0 Å². The molecule has 4 rings (SSSR count). The first-order valence-corrected chi connectivity index (χ1v) is 11.5. The second-order valence-electron chi connectivity index (χ2n) is 8.38. The van der Waals surface area contributed by atoms with Crippen molar-refractivity contribution in [3.05, 3.63) is 78.2 Å². The van der Waals surface area contributed by atoms with Crippen LogP contribution in [0.1, 0.15) is 37.9 Å². The molecule has 168 valence electrons. The Morgan fingerprint density at radius 1 is 1.12 bits per heavy atom. The number of benzene rings is 2. The topological polar surface area (TPSA) is 65.7 Å². The van der Waals surface area contributed by atoms with E-state index in [0.29, 0.717) is 24.5 Å². The molecule has 0 saturated carbocycles. The second kappa shape index (κ2) is 11.0. The van der Waals surface area contributed by atoms with Crippen LogP contribution in [0.4, 0.5) is 0 Å². The van der Waals surface area contributed by atoms with Crippen molar-refractivity contribution in [1.82, 2.24) is 20.5 Å². The van der Waals surface area contributed by atoms with Crippen molar-refractivity contribution in [2.45, 2.75) is 51.9 Å². The van der Waals surface area contributed by atoms with E-state index in [0.717, 1.165) is 49.7 Å². The Morgan fingerprint density at radius 3 is 2.59 bits per heavy atom. The van der Waals surface area contributed by atoms with Gasteiger partial charge in [0.05, 0.1) is 6.54 Å². The van der Waals surface area contributed by atoms with E-state index < -0.39 is 0 Å². The first-order valence-electron chi connectivity index (χ1n) is 11.5. The predicted molar refractivity (Wildman–Crippen MR) is 129 cm³/mol. The van der Waals surface area contributed by atoms with E-state index >= 15 is 0 Å². The zero-order chi connectivity index (χ0) is 22.2. The molecule has 2 unspecified atom stereocenters. The third kappa shape index (κ3) is 5.98. The molecule has 1 aliphatic heterocycles. The quantitative estimate of drug-likeness (QED) is 0.427. The third-order valence-corrected chi connectivity index (χ3v) is 5.90. The number of hydrogen-bond acceptors (Lipinski definition) is 4. The van der Waals surface area contributed by atoms with Crippen molar-refractivity contribution in [2.24, 2.45) is 4.99 Å². The summed E-state index contributed by atoms with van der Waals surface area (Å²) in [7, 11) is 0. The first-order chi connectivity index (χ1) is 15.7. The second-order valence-corrected chi connectivity index (χ2v) is 8.38. The van der Waals surface area contributed by atoms with Crippen LogP contribution in [0.5, 0.6) is 0 Å². The van der Waals surface area contributed by atoms with Gasteiger partial charge in [-0.25, -0.2) is 9.98 Å². The maximum absolute atomic E-state index is 5.64. The molecule has 2 heterocycles. The summed E-state index contributed by atoms with van der Waals surface area (Å²) in [6.45, 7) is 7.80. The number of oxazole rings is 1. The van der Waals surface area contributed by atoms with Crippen LogP contribution in [0.25, 0.3) is 11.5 Å². The van der Waals surface area contributed by atoms with Crippen LogP contribution < -0.4 is 10.6 Å². The number of rotatable bonds is 7. The molecule has 2 aromatic carbocycles. The van der Waals surface area contributed by atoms with Gasteiger partial charge in [-0.15, -0.1) is 0 Å². The van der Waals surface area contributed by atoms with Gasteiger partial charge in [0, 0.05) is 37.3 Å². The lowest BCUT2D eigenvalue weighted by molar-refractivity contribution is 0.134. The lowest BCUT2D eigenvalue weighted by Crippen LogP contribution is -2.51. The van der Waals surface area contributed by atoms with E-state index in [9.17, 15) is 0 Å². The number of nitrogens with zero attached hydrogens (tertiary/aromatic N) is 3. The first kappa shape index (κ1) is 22.1. The van der Waals surface area contributed by atoms with Crippen molar-refractivity contribution in [1.29, 1.82) is 0 Å². The minimum Gasteiger partial charge on any atom is -0.444 e. The monoisotopic (exact) mass is 431 g/mol. The summed E-state index contributed by atoms with van der Waals surface area (Å²) >= 11 is 0. The molecule has 6 heteroatoms. The summed E-state index contributed by atoms with van der Waals surface area (Å²) in [4.78, 5) is 11.9. The van der Waals surface area contributed by atoms with Gasteiger partial charge in [0.25, 0.3) is 0 Å². The Kier molecular flexibility index (Phi) is 7.56. The summed E-state index contributed by atoms with van der Waals surface area (Å²) in [6, 6.07) is 21.6. The molecule has 6 nitrogen and oxygen atoms in total. The predicted octanol–water partition coefficient (Wildman–Crippen LogP) is 4.45. The maximum atomic E-state index is 5.64. The average Bonchev–Trinajstić information content (AvgIpc) is 3.30. The molecule has 1 aliphatic rings. The number of aromatic nitrogens is 1. The Bertz CT molecular complexity index is 986. The van der Waals surface area contributed by atoms with Crippen LogP contribution in [0.15, 0.2) is 76.3 Å². The highest BCUT2D eigenvalue weighted by Gasteiger charge is 2.26. The fraction of sp³-hybridized carbons (Fsp3) is 0.385. The fourth-order valence-electron chi connectivity index (χ4n) is 4.17. The maximum Gasteiger partial charge on any atom is 0.226 e. The van der Waals surface area contributed by atoms with E-state index in [1.54, 1.807) is 6.26 Å². The van der Waals surface area contributed by atoms with Crippen LogP contribution in [-0.4, -0.2) is 41.0 Å². The summed E-state index contributed by atoms with van der Waals surface area (Å²) < 4.78 is 5.64. The van der Waals surface area contributed by atoms with E-state index in [1.165, 1.54) is 5.56 Å². The molecule has 3 aromatic rings. The van der Waals surface area contributed by atoms with Gasteiger partial charge in [-0.05, 0) is 44.4 Å². The molecule has 0 amide bonds. The molecule has 2 N–H and O–H groups in total. The largest absolute Gasteiger partial charge is 0.444 e. The standard InChI is InChI=1S/C26H33N5O/c1-3-27-26(28-17-24-19-32-25(29-24)22-12-8-5-9-13-22)30-23-14-15-31(20(2)16-23)18-21-10-6-4-7-11-21/h4-13,19-20,23H,3,14-18H2,1-2H3,(H2,27,28,30). The minimum absolute atomic E-state index is 0.409. The van der Waals surface area contributed by atoms with E-state index in [1.807, 2.05) is 30.3 Å². The molecule has 0 aliphatic carbocycles. The van der Waals surface area contributed by atoms with Crippen LogP contribution in [0.3, 0.4) is 0 Å². The number of hydrogen-bond donors (Lipinski definition) is 2. The van der Waals surface area contributed by atoms with Crippen LogP contribution in [0, 0.1) is 0 Å². The Balaban J connectivity index is 1.32. The van der Waals surface area contributed by atoms with Gasteiger partial charge in [0.1, 0.15) is 12.0 Å². The zero-order valence-electron chi connectivity index (χ0n) is 19.0. The van der Waals surface area contributed by atoms with E-state index in [2.05, 4.69) is 64.7 Å². The number of guanidine groups is 1. The SMILES string of the molecule is CCNC(=NCc1coc(-c2ccccc2)n1)NC1CCN(Cc2ccccc2)C(C)C1. The number of piperidine rings is 1. The van der Waals surface area contributed by atoms with Crippen LogP contribution in [0.2, 0.25) is 0 Å². The normalized spacial score (nSPS) is 19.6. The average molecular weight is 432 g/mol. The number of nitrogens with one attached hydrogen (secondary N) is 2. The molecular weight excluding hydrogens is 398 g/mol. The summed E-state index contributed by atoms with van der Waals surface area (Å²) in [5, 5.41) is 7.01. The van der Waals surface area contributed by atoms with Gasteiger partial charge in [0.15, 0.2) is 5.96 Å². The molecule has 2 atom stereocenters. The third-order valence-electron chi connectivity index (χ3n) is 5.90. The van der Waals surface area contributed by atoms with Gasteiger partial charge in [-0.2, -0.15) is 0 Å². The lowest BCUT2D eigenvalue weighted by atomic mass is 9.97. The van der Waals surface area contributed by atoms with Crippen molar-refractivity contribution < 1.29 is 4.42 Å². The minimum atomic E-state index is 0.409. The highest BCUT2D eigenvalue weighted by molar-refractivity contribution is 5.80. The van der Waals surface area contributed by atoms with E-state index in [4.69, 9.17) is 9.41 Å². The van der Waals surface area contributed by atoms with Crippen LogP contribution >= 0.6 is 0 Å². The van der Waals surface area contributed by atoms with Crippen molar-refractivity contribution >= 4 is 5.96 Å². The Morgan fingerprint density at radius 2 is 1.88 bits per heavy atom. The molecule has 1 aromatic heterocycles. The summed E-state index contributed by atoms with van der Waals surface area (Å²) in [5.74, 6) is 1.47. The fourth-order valence-corrected chi connectivity index (χ4v) is 4.17. The van der Waals surface area contributed by atoms with Gasteiger partial charge < -0.3 is 15.1 Å². The molecule has 0 bridgehead atoms. The Labute approximate surface area is 190 Å². The van der Waals surface area contributed by atoms with Crippen molar-refractivity contribution in [3.63, 3.8) is 0 Å². The number of aliphatic imine (C=N–C) groups is 1. The Hall–Kier alpha value is -3.12. The smallest absolute Gasteiger partial charge is 0.226 e. The molecule has 1 fully saturated rings. The van der Waals surface area contributed by atoms with Gasteiger partial charge in [0.2, 0.25) is 5.89 Å². The zero-order valence-corrected chi connectivity index (χ0v) is 19.0. The highest BCUT2D eigenvalue weighted by Crippen LogP contribution is 2.20. The van der Waals surface area contributed by atoms with Crippen molar-refractivity contribution in [3.8, 4) is 11.5 Å². The van der Waals surface area contributed by atoms with Crippen LogP contribution in [-0.2, 0) is 13.1 Å². The van der Waals surface area contributed by atoms with Crippen molar-refractivity contribution in [2.75, 3.05) is 13.1 Å². The summed E-state index contributed by atoms with van der Waals surface area (Å²) in [5.41, 5.74) is 3.18. The number of likely N-dealkylation sites (tertiary alicyclic amines) is 1. The molecule has 32 heavy (non-hydrogen) atoms.